The van der Waals surface area contributed by atoms with E-state index in [0.29, 0.717) is 44.4 Å². The number of ether oxygens (including phenoxy) is 1. The van der Waals surface area contributed by atoms with E-state index in [2.05, 4.69) is 15.3 Å². The maximum Gasteiger partial charge on any atom is 0.263 e. The molecular formula is C23H28ClN5O5. The van der Waals surface area contributed by atoms with Crippen LogP contribution in [0.1, 0.15) is 6.42 Å². The molecule has 2 fully saturated rings. The number of hydrogen-bond acceptors (Lipinski definition) is 9. The lowest BCUT2D eigenvalue weighted by Crippen LogP contribution is -2.39. The Morgan fingerprint density at radius 3 is 2.59 bits per heavy atom. The largest absolute Gasteiger partial charge is 0.396 e. The summed E-state index contributed by atoms with van der Waals surface area (Å²) in [6, 6.07) is 10.7. The van der Waals surface area contributed by atoms with Crippen molar-refractivity contribution in [2.45, 2.75) is 24.7 Å². The zero-order valence-electron chi connectivity index (χ0n) is 18.4. The lowest BCUT2D eigenvalue weighted by Gasteiger charge is -2.28. The monoisotopic (exact) mass is 489 g/mol. The van der Waals surface area contributed by atoms with E-state index in [1.165, 1.54) is 0 Å². The van der Waals surface area contributed by atoms with E-state index in [1.54, 1.807) is 6.07 Å². The van der Waals surface area contributed by atoms with Crippen molar-refractivity contribution in [3.05, 3.63) is 46.8 Å². The number of hydrogen-bond donors (Lipinski definition) is 5. The van der Waals surface area contributed by atoms with E-state index < -0.39 is 24.2 Å². The van der Waals surface area contributed by atoms with E-state index in [1.807, 2.05) is 35.2 Å². The van der Waals surface area contributed by atoms with Gasteiger partial charge in [0.25, 0.3) is 5.56 Å². The van der Waals surface area contributed by atoms with Gasteiger partial charge in [-0.25, -0.2) is 4.98 Å². The molecule has 0 unspecified atom stereocenters. The van der Waals surface area contributed by atoms with Gasteiger partial charge in [0.2, 0.25) is 5.95 Å². The maximum absolute atomic E-state index is 13.3. The van der Waals surface area contributed by atoms with Crippen molar-refractivity contribution >= 4 is 35.1 Å². The zero-order chi connectivity index (χ0) is 22.9. The Kier molecular flexibility index (Phi) is 7.34. The lowest BCUT2D eigenvalue weighted by molar-refractivity contribution is 0.00446. The second-order valence-electron chi connectivity index (χ2n) is 8.51. The van der Waals surface area contributed by atoms with Crippen LogP contribution in [0.15, 0.2) is 41.2 Å². The van der Waals surface area contributed by atoms with Gasteiger partial charge in [-0.05, 0) is 18.6 Å². The molecule has 11 heteroatoms. The molecule has 2 aliphatic rings. The molecule has 0 bridgehead atoms. The molecule has 182 valence electrons. The number of aromatic amines is 1. The number of H-pyrrole nitrogens is 1. The van der Waals surface area contributed by atoms with Gasteiger partial charge in [-0.3, -0.25) is 9.78 Å². The van der Waals surface area contributed by atoms with Gasteiger partial charge in [-0.1, -0.05) is 24.3 Å². The van der Waals surface area contributed by atoms with Crippen LogP contribution < -0.4 is 15.8 Å². The standard InChI is InChI=1S/C23H27N5O5.ClH/c29-12-14-11-17(20(31)19(14)30)25-21-18(16-6-5-13-3-1-2-4-15(13)24-16)22(32)27-23(26-21)28-7-9-33-10-8-28;/h1-6,14,17,19-20,29-31H,7-12H2,(H2,25,26,27,32);1H/t14-,17-,19-,20+;/m1./s1. The van der Waals surface area contributed by atoms with Crippen molar-refractivity contribution in [2.24, 2.45) is 5.92 Å². The number of aliphatic hydroxyl groups excluding tert-OH is 3. The van der Waals surface area contributed by atoms with E-state index in [4.69, 9.17) is 9.72 Å². The molecule has 0 amide bonds. The number of benzene rings is 1. The molecule has 1 saturated carbocycles. The minimum Gasteiger partial charge on any atom is -0.396 e. The highest BCUT2D eigenvalue weighted by Crippen LogP contribution is 2.32. The molecule has 5 rings (SSSR count). The van der Waals surface area contributed by atoms with Crippen LogP contribution in [0.25, 0.3) is 22.2 Å². The van der Waals surface area contributed by atoms with Crippen LogP contribution >= 0.6 is 12.4 Å². The van der Waals surface area contributed by atoms with Crippen molar-refractivity contribution < 1.29 is 20.1 Å². The summed E-state index contributed by atoms with van der Waals surface area (Å²) >= 11 is 0. The van der Waals surface area contributed by atoms with Crippen LogP contribution in [0.4, 0.5) is 11.8 Å². The van der Waals surface area contributed by atoms with Gasteiger partial charge in [-0.2, -0.15) is 4.98 Å². The normalized spacial score (nSPS) is 24.7. The highest BCUT2D eigenvalue weighted by atomic mass is 35.5. The Morgan fingerprint density at radius 1 is 1.09 bits per heavy atom. The molecule has 34 heavy (non-hydrogen) atoms. The first-order valence-corrected chi connectivity index (χ1v) is 11.1. The van der Waals surface area contributed by atoms with E-state index in [0.717, 1.165) is 10.9 Å². The summed E-state index contributed by atoms with van der Waals surface area (Å²) < 4.78 is 5.40. The first-order chi connectivity index (χ1) is 16.0. The molecule has 0 spiro atoms. The fourth-order valence-electron chi connectivity index (χ4n) is 4.56. The second-order valence-corrected chi connectivity index (χ2v) is 8.51. The third-order valence-electron chi connectivity index (χ3n) is 6.43. The summed E-state index contributed by atoms with van der Waals surface area (Å²) in [6.45, 7) is 2.01. The van der Waals surface area contributed by atoms with Crippen molar-refractivity contribution in [2.75, 3.05) is 43.1 Å². The molecule has 2 aromatic heterocycles. The molecule has 1 aromatic carbocycles. The number of aromatic nitrogens is 3. The molecular weight excluding hydrogens is 462 g/mol. The second kappa shape index (κ2) is 10.2. The molecule has 0 radical (unpaired) electrons. The Hall–Kier alpha value is -2.76. The number of nitrogens with zero attached hydrogens (tertiary/aromatic N) is 3. The molecule has 1 aliphatic carbocycles. The fourth-order valence-corrected chi connectivity index (χ4v) is 4.56. The molecule has 3 aromatic rings. The fraction of sp³-hybridized carbons (Fsp3) is 0.435. The molecule has 5 N–H and O–H groups in total. The molecule has 1 saturated heterocycles. The van der Waals surface area contributed by atoms with Gasteiger partial charge >= 0.3 is 0 Å². The molecule has 4 atom stereocenters. The van der Waals surface area contributed by atoms with Gasteiger partial charge < -0.3 is 30.3 Å². The number of anilines is 2. The third-order valence-corrected chi connectivity index (χ3v) is 6.43. The number of morpholine rings is 1. The summed E-state index contributed by atoms with van der Waals surface area (Å²) in [5.41, 5.74) is 1.09. The summed E-state index contributed by atoms with van der Waals surface area (Å²) in [5.74, 6) is 0.223. The quantitative estimate of drug-likeness (QED) is 0.350. The van der Waals surface area contributed by atoms with Crippen molar-refractivity contribution in [3.8, 4) is 11.3 Å². The van der Waals surface area contributed by atoms with Crippen LogP contribution in [0, 0.1) is 5.92 Å². The highest BCUT2D eigenvalue weighted by Gasteiger charge is 2.41. The Balaban J connectivity index is 0.00000274. The summed E-state index contributed by atoms with van der Waals surface area (Å²) in [6.07, 6.45) is -1.83. The van der Waals surface area contributed by atoms with Crippen molar-refractivity contribution in [1.29, 1.82) is 0 Å². The lowest BCUT2D eigenvalue weighted by atomic mass is 10.1. The number of nitrogens with one attached hydrogen (secondary N) is 2. The first kappa shape index (κ1) is 24.4. The molecule has 1 aliphatic heterocycles. The Labute approximate surface area is 202 Å². The topological polar surface area (TPSA) is 144 Å². The maximum atomic E-state index is 13.3. The first-order valence-electron chi connectivity index (χ1n) is 11.1. The number of halogens is 1. The number of para-hydroxylation sites is 1. The van der Waals surface area contributed by atoms with Crippen molar-refractivity contribution in [1.82, 2.24) is 15.0 Å². The van der Waals surface area contributed by atoms with Crippen LogP contribution in [-0.4, -0.2) is 81.4 Å². The number of aliphatic hydroxyl groups is 3. The number of pyridine rings is 1. The van der Waals surface area contributed by atoms with Gasteiger partial charge in [0.05, 0.1) is 36.6 Å². The van der Waals surface area contributed by atoms with Crippen LogP contribution in [0.2, 0.25) is 0 Å². The van der Waals surface area contributed by atoms with E-state index >= 15 is 0 Å². The van der Waals surface area contributed by atoms with E-state index in [-0.39, 0.29) is 36.0 Å². The van der Waals surface area contributed by atoms with Gasteiger partial charge in [-0.15, -0.1) is 12.4 Å². The summed E-state index contributed by atoms with van der Waals surface area (Å²) in [5, 5.41) is 34.4. The average Bonchev–Trinajstić information content (AvgIpc) is 3.12. The Morgan fingerprint density at radius 2 is 1.85 bits per heavy atom. The summed E-state index contributed by atoms with van der Waals surface area (Å²) in [7, 11) is 0. The number of rotatable bonds is 5. The predicted molar refractivity (Wildman–Crippen MR) is 130 cm³/mol. The van der Waals surface area contributed by atoms with Crippen molar-refractivity contribution in [3.63, 3.8) is 0 Å². The Bertz CT molecular complexity index is 1200. The van der Waals surface area contributed by atoms with E-state index in [9.17, 15) is 20.1 Å². The zero-order valence-corrected chi connectivity index (χ0v) is 19.2. The smallest absolute Gasteiger partial charge is 0.263 e. The van der Waals surface area contributed by atoms with Crippen LogP contribution in [-0.2, 0) is 4.74 Å². The minimum absolute atomic E-state index is 0. The van der Waals surface area contributed by atoms with Gasteiger partial charge in [0.15, 0.2) is 0 Å². The van der Waals surface area contributed by atoms with Crippen LogP contribution in [0.5, 0.6) is 0 Å². The average molecular weight is 490 g/mol. The SMILES string of the molecule is Cl.O=c1[nH]c(N2CCOCC2)nc(N[C@@H]2C[C@H](CO)[C@@H](O)[C@H]2O)c1-c1ccc2ccccc2n1. The predicted octanol–water partition coefficient (Wildman–Crippen LogP) is 0.758. The summed E-state index contributed by atoms with van der Waals surface area (Å²) in [4.78, 5) is 27.5. The molecule has 3 heterocycles. The third kappa shape index (κ3) is 4.59. The molecule has 10 nitrogen and oxygen atoms in total. The van der Waals surface area contributed by atoms with Gasteiger partial charge in [0.1, 0.15) is 17.5 Å². The highest BCUT2D eigenvalue weighted by molar-refractivity contribution is 5.85. The van der Waals surface area contributed by atoms with Gasteiger partial charge in [0, 0.05) is 31.0 Å². The number of fused-ring (bicyclic) bond motifs is 1. The van der Waals surface area contributed by atoms with Crippen LogP contribution in [0.3, 0.4) is 0 Å². The minimum atomic E-state index is -1.10.